The number of rotatable bonds is 6. The van der Waals surface area contributed by atoms with E-state index in [1.165, 1.54) is 5.56 Å². The van der Waals surface area contributed by atoms with Crippen molar-refractivity contribution in [2.75, 3.05) is 45.2 Å². The molecule has 1 N–H and O–H groups in total. The molecule has 1 heterocycles. The Bertz CT molecular complexity index is 813. The first-order valence-electron chi connectivity index (χ1n) is 9.77. The van der Waals surface area contributed by atoms with E-state index in [4.69, 9.17) is 9.47 Å². The number of amides is 2. The fraction of sp³-hybridized carbons (Fsp3) is 0.364. The average Bonchev–Trinajstić information content (AvgIpc) is 2.75. The van der Waals surface area contributed by atoms with Gasteiger partial charge in [-0.3, -0.25) is 15.0 Å². The molecular formula is C22H27N3O4. The molecule has 1 aliphatic heterocycles. The summed E-state index contributed by atoms with van der Waals surface area (Å²) in [5.74, 6) is 0.865. The number of methoxy groups -OCH3 is 1. The van der Waals surface area contributed by atoms with Gasteiger partial charge in [0.1, 0.15) is 5.75 Å². The number of carbonyl (C=O) groups is 2. The van der Waals surface area contributed by atoms with Crippen molar-refractivity contribution < 1.29 is 19.1 Å². The molecule has 154 valence electrons. The molecule has 2 aromatic rings. The zero-order valence-electron chi connectivity index (χ0n) is 16.9. The molecule has 0 saturated carbocycles. The van der Waals surface area contributed by atoms with Gasteiger partial charge in [0.05, 0.1) is 13.7 Å². The van der Waals surface area contributed by atoms with E-state index in [0.717, 1.165) is 25.4 Å². The van der Waals surface area contributed by atoms with Crippen LogP contribution in [0, 0.1) is 0 Å². The van der Waals surface area contributed by atoms with Gasteiger partial charge in [-0.25, -0.2) is 4.79 Å². The normalized spacial score (nSPS) is 14.3. The van der Waals surface area contributed by atoms with Crippen molar-refractivity contribution in [3.8, 4) is 5.75 Å². The minimum atomic E-state index is -0.500. The van der Waals surface area contributed by atoms with Crippen LogP contribution in [0.4, 0.5) is 10.5 Å². The Hall–Kier alpha value is -3.06. The number of hydrogen-bond acceptors (Lipinski definition) is 5. The third-order valence-corrected chi connectivity index (χ3v) is 4.88. The lowest BCUT2D eigenvalue weighted by Crippen LogP contribution is -2.48. The summed E-state index contributed by atoms with van der Waals surface area (Å²) in [6.07, 6.45) is -0.500. The summed E-state index contributed by atoms with van der Waals surface area (Å²) in [6, 6.07) is 15.0. The van der Waals surface area contributed by atoms with Crippen LogP contribution in [0.3, 0.4) is 0 Å². The molecule has 0 aliphatic carbocycles. The van der Waals surface area contributed by atoms with Crippen LogP contribution in [0.2, 0.25) is 0 Å². The van der Waals surface area contributed by atoms with Crippen LogP contribution in [-0.2, 0) is 11.3 Å². The van der Waals surface area contributed by atoms with Crippen LogP contribution in [0.1, 0.15) is 22.8 Å². The molecule has 1 saturated heterocycles. The highest BCUT2D eigenvalue weighted by Gasteiger charge is 2.22. The van der Waals surface area contributed by atoms with Gasteiger partial charge in [0.25, 0.3) is 5.91 Å². The summed E-state index contributed by atoms with van der Waals surface area (Å²) < 4.78 is 10.0. The van der Waals surface area contributed by atoms with E-state index < -0.39 is 6.09 Å². The molecule has 2 aromatic carbocycles. The van der Waals surface area contributed by atoms with Crippen LogP contribution in [0.25, 0.3) is 0 Å². The van der Waals surface area contributed by atoms with Crippen LogP contribution < -0.4 is 10.1 Å². The first kappa shape index (κ1) is 20.7. The molecule has 0 spiro atoms. The minimum Gasteiger partial charge on any atom is -0.497 e. The minimum absolute atomic E-state index is 0.0109. The first-order chi connectivity index (χ1) is 14.1. The maximum absolute atomic E-state index is 12.8. The second-order valence-electron chi connectivity index (χ2n) is 6.84. The Morgan fingerprint density at radius 3 is 2.21 bits per heavy atom. The van der Waals surface area contributed by atoms with Crippen LogP contribution in [0.5, 0.6) is 5.75 Å². The van der Waals surface area contributed by atoms with Gasteiger partial charge in [0.2, 0.25) is 0 Å². The van der Waals surface area contributed by atoms with Crippen LogP contribution in [-0.4, -0.2) is 61.7 Å². The predicted molar refractivity (Wildman–Crippen MR) is 111 cm³/mol. The lowest BCUT2D eigenvalue weighted by Gasteiger charge is -2.34. The molecule has 7 nitrogen and oxygen atoms in total. The number of piperazine rings is 1. The van der Waals surface area contributed by atoms with Crippen molar-refractivity contribution in [1.82, 2.24) is 9.80 Å². The van der Waals surface area contributed by atoms with Crippen molar-refractivity contribution in [1.29, 1.82) is 0 Å². The number of nitrogens with zero attached hydrogens (tertiary/aromatic N) is 2. The third kappa shape index (κ3) is 5.71. The van der Waals surface area contributed by atoms with Crippen molar-refractivity contribution in [3.63, 3.8) is 0 Å². The number of ether oxygens (including phenoxy) is 2. The van der Waals surface area contributed by atoms with E-state index >= 15 is 0 Å². The smallest absolute Gasteiger partial charge is 0.411 e. The fourth-order valence-corrected chi connectivity index (χ4v) is 3.26. The molecule has 0 atom stereocenters. The third-order valence-electron chi connectivity index (χ3n) is 4.88. The van der Waals surface area contributed by atoms with Gasteiger partial charge < -0.3 is 14.4 Å². The van der Waals surface area contributed by atoms with E-state index in [9.17, 15) is 9.59 Å². The molecule has 0 bridgehead atoms. The second-order valence-corrected chi connectivity index (χ2v) is 6.84. The molecule has 1 aliphatic rings. The van der Waals surface area contributed by atoms with Gasteiger partial charge in [0, 0.05) is 44.0 Å². The van der Waals surface area contributed by atoms with Crippen molar-refractivity contribution in [2.45, 2.75) is 13.5 Å². The fourth-order valence-electron chi connectivity index (χ4n) is 3.26. The van der Waals surface area contributed by atoms with Gasteiger partial charge in [-0.05, 0) is 48.9 Å². The SMILES string of the molecule is CCOC(=O)Nc1ccc(C(=O)N2CCN(Cc3ccc(OC)cc3)CC2)cc1. The average molecular weight is 397 g/mol. The summed E-state index contributed by atoms with van der Waals surface area (Å²) >= 11 is 0. The number of anilines is 1. The van der Waals surface area contributed by atoms with E-state index in [-0.39, 0.29) is 5.91 Å². The molecule has 29 heavy (non-hydrogen) atoms. The topological polar surface area (TPSA) is 71.1 Å². The Morgan fingerprint density at radius 2 is 1.62 bits per heavy atom. The maximum atomic E-state index is 12.8. The molecule has 0 aromatic heterocycles. The first-order valence-corrected chi connectivity index (χ1v) is 9.77. The number of carbonyl (C=O) groups excluding carboxylic acids is 2. The molecule has 0 unspecified atom stereocenters. The monoisotopic (exact) mass is 397 g/mol. The number of nitrogens with one attached hydrogen (secondary N) is 1. The largest absolute Gasteiger partial charge is 0.497 e. The Morgan fingerprint density at radius 1 is 0.966 bits per heavy atom. The zero-order valence-corrected chi connectivity index (χ0v) is 16.9. The summed E-state index contributed by atoms with van der Waals surface area (Å²) in [6.45, 7) is 5.97. The summed E-state index contributed by atoms with van der Waals surface area (Å²) in [5, 5.41) is 2.62. The van der Waals surface area contributed by atoms with Crippen molar-refractivity contribution in [3.05, 3.63) is 59.7 Å². The number of benzene rings is 2. The maximum Gasteiger partial charge on any atom is 0.411 e. The number of hydrogen-bond donors (Lipinski definition) is 1. The predicted octanol–water partition coefficient (Wildman–Crippen LogP) is 3.22. The quantitative estimate of drug-likeness (QED) is 0.810. The molecule has 7 heteroatoms. The van der Waals surface area contributed by atoms with E-state index in [1.54, 1.807) is 38.3 Å². The van der Waals surface area contributed by atoms with Gasteiger partial charge in [-0.1, -0.05) is 12.1 Å². The highest BCUT2D eigenvalue weighted by atomic mass is 16.5. The summed E-state index contributed by atoms with van der Waals surface area (Å²) in [4.78, 5) is 28.4. The summed E-state index contributed by atoms with van der Waals surface area (Å²) in [7, 11) is 1.66. The van der Waals surface area contributed by atoms with Gasteiger partial charge in [-0.15, -0.1) is 0 Å². The summed E-state index contributed by atoms with van der Waals surface area (Å²) in [5.41, 5.74) is 2.45. The molecule has 1 fully saturated rings. The van der Waals surface area contributed by atoms with Crippen molar-refractivity contribution in [2.24, 2.45) is 0 Å². The van der Waals surface area contributed by atoms with Gasteiger partial charge >= 0.3 is 6.09 Å². The molecular weight excluding hydrogens is 370 g/mol. The molecule has 2 amide bonds. The van der Waals surface area contributed by atoms with E-state index in [1.807, 2.05) is 17.0 Å². The zero-order chi connectivity index (χ0) is 20.6. The Balaban J connectivity index is 1.49. The lowest BCUT2D eigenvalue weighted by atomic mass is 10.1. The van der Waals surface area contributed by atoms with Gasteiger partial charge in [-0.2, -0.15) is 0 Å². The van der Waals surface area contributed by atoms with Crippen molar-refractivity contribution >= 4 is 17.7 Å². The Labute approximate surface area is 171 Å². The van der Waals surface area contributed by atoms with Crippen LogP contribution in [0.15, 0.2) is 48.5 Å². The lowest BCUT2D eigenvalue weighted by molar-refractivity contribution is 0.0628. The van der Waals surface area contributed by atoms with E-state index in [2.05, 4.69) is 22.3 Å². The van der Waals surface area contributed by atoms with Crippen LogP contribution >= 0.6 is 0 Å². The molecule has 0 radical (unpaired) electrons. The highest BCUT2D eigenvalue weighted by Crippen LogP contribution is 2.16. The highest BCUT2D eigenvalue weighted by molar-refractivity contribution is 5.95. The molecule has 3 rings (SSSR count). The standard InChI is InChI=1S/C22H27N3O4/c1-3-29-22(27)23-19-8-6-18(7-9-19)21(26)25-14-12-24(13-15-25)16-17-4-10-20(28-2)11-5-17/h4-11H,3,12-16H2,1-2H3,(H,23,27). The van der Waals surface area contributed by atoms with Gasteiger partial charge in [0.15, 0.2) is 0 Å². The second kappa shape index (κ2) is 9.93. The Kier molecular flexibility index (Phi) is 7.08. The van der Waals surface area contributed by atoms with E-state index in [0.29, 0.717) is 30.9 Å².